The van der Waals surface area contributed by atoms with Crippen LogP contribution in [0.3, 0.4) is 0 Å². The van der Waals surface area contributed by atoms with Gasteiger partial charge in [-0.2, -0.15) is 0 Å². The van der Waals surface area contributed by atoms with E-state index >= 15 is 0 Å². The van der Waals surface area contributed by atoms with E-state index in [0.717, 1.165) is 19.6 Å². The number of nitrogens with zero attached hydrogens (tertiary/aromatic N) is 2. The van der Waals surface area contributed by atoms with Crippen molar-refractivity contribution in [2.24, 2.45) is 5.92 Å². The van der Waals surface area contributed by atoms with Crippen molar-refractivity contribution in [3.8, 4) is 0 Å². The minimum atomic E-state index is 0.0220. The number of nitrogens with one attached hydrogen (secondary N) is 1. The lowest BCUT2D eigenvalue weighted by Gasteiger charge is -2.26. The van der Waals surface area contributed by atoms with Gasteiger partial charge in [0, 0.05) is 26.2 Å². The van der Waals surface area contributed by atoms with Gasteiger partial charge in [-0.1, -0.05) is 38.1 Å². The Balaban J connectivity index is 2.57. The standard InChI is InChI=1S/C17H29N3O/c1-14(2)13-20(11-10-19(4)5)17(21)18-12-16-9-7-6-8-15(16)3/h6-9,14H,10-13H2,1-5H3,(H,18,21). The highest BCUT2D eigenvalue weighted by atomic mass is 16.2. The van der Waals surface area contributed by atoms with Gasteiger partial charge in [0.1, 0.15) is 0 Å². The topological polar surface area (TPSA) is 35.6 Å². The first-order valence-electron chi connectivity index (χ1n) is 7.62. The third-order valence-electron chi connectivity index (χ3n) is 3.38. The molecule has 0 unspecified atom stereocenters. The first kappa shape index (κ1) is 17.5. The number of hydrogen-bond donors (Lipinski definition) is 1. The molecule has 0 atom stereocenters. The van der Waals surface area contributed by atoms with Crippen LogP contribution in [0.5, 0.6) is 0 Å². The molecule has 0 aliphatic heterocycles. The van der Waals surface area contributed by atoms with Crippen molar-refractivity contribution in [2.45, 2.75) is 27.3 Å². The molecule has 2 amide bonds. The summed E-state index contributed by atoms with van der Waals surface area (Å²) in [6.07, 6.45) is 0. The molecule has 0 aliphatic carbocycles. The Morgan fingerprint density at radius 1 is 1.19 bits per heavy atom. The van der Waals surface area contributed by atoms with Crippen LogP contribution in [0.4, 0.5) is 4.79 Å². The van der Waals surface area contributed by atoms with Crippen LogP contribution in [0.15, 0.2) is 24.3 Å². The summed E-state index contributed by atoms with van der Waals surface area (Å²) in [5.41, 5.74) is 2.38. The number of carbonyl (C=O) groups is 1. The number of hydrogen-bond acceptors (Lipinski definition) is 2. The maximum atomic E-state index is 12.4. The van der Waals surface area contributed by atoms with E-state index in [-0.39, 0.29) is 6.03 Å². The quantitative estimate of drug-likeness (QED) is 0.838. The molecular weight excluding hydrogens is 262 g/mol. The molecule has 0 radical (unpaired) electrons. The van der Waals surface area contributed by atoms with E-state index in [0.29, 0.717) is 12.5 Å². The normalized spacial score (nSPS) is 11.0. The maximum absolute atomic E-state index is 12.4. The van der Waals surface area contributed by atoms with E-state index in [1.165, 1.54) is 11.1 Å². The lowest BCUT2D eigenvalue weighted by Crippen LogP contribution is -2.44. The third-order valence-corrected chi connectivity index (χ3v) is 3.38. The molecule has 0 fully saturated rings. The highest BCUT2D eigenvalue weighted by molar-refractivity contribution is 5.74. The van der Waals surface area contributed by atoms with Crippen molar-refractivity contribution < 1.29 is 4.79 Å². The number of amides is 2. The Kier molecular flexibility index (Phi) is 7.23. The Labute approximate surface area is 129 Å². The summed E-state index contributed by atoms with van der Waals surface area (Å²) < 4.78 is 0. The minimum Gasteiger partial charge on any atom is -0.334 e. The van der Waals surface area contributed by atoms with E-state index < -0.39 is 0 Å². The monoisotopic (exact) mass is 291 g/mol. The number of rotatable bonds is 7. The van der Waals surface area contributed by atoms with Gasteiger partial charge in [-0.25, -0.2) is 4.79 Å². The second kappa shape index (κ2) is 8.67. The van der Waals surface area contributed by atoms with Gasteiger partial charge in [0.25, 0.3) is 0 Å². The second-order valence-corrected chi connectivity index (χ2v) is 6.23. The molecule has 1 N–H and O–H groups in total. The van der Waals surface area contributed by atoms with Gasteiger partial charge < -0.3 is 15.1 Å². The van der Waals surface area contributed by atoms with Crippen molar-refractivity contribution in [1.82, 2.24) is 15.1 Å². The zero-order valence-corrected chi connectivity index (χ0v) is 14.0. The molecule has 0 aliphatic rings. The predicted molar refractivity (Wildman–Crippen MR) is 88.4 cm³/mol. The molecular formula is C17H29N3O. The van der Waals surface area contributed by atoms with Crippen molar-refractivity contribution in [3.63, 3.8) is 0 Å². The number of benzene rings is 1. The average Bonchev–Trinajstić information content (AvgIpc) is 2.41. The summed E-state index contributed by atoms with van der Waals surface area (Å²) in [4.78, 5) is 16.4. The molecule has 4 heteroatoms. The third kappa shape index (κ3) is 6.63. The smallest absolute Gasteiger partial charge is 0.317 e. The number of aryl methyl sites for hydroxylation is 1. The fourth-order valence-corrected chi connectivity index (χ4v) is 2.13. The Bertz CT molecular complexity index is 443. The zero-order chi connectivity index (χ0) is 15.8. The lowest BCUT2D eigenvalue weighted by atomic mass is 10.1. The molecule has 0 saturated heterocycles. The molecule has 4 nitrogen and oxygen atoms in total. The van der Waals surface area contributed by atoms with Crippen molar-refractivity contribution >= 4 is 6.03 Å². The molecule has 0 spiro atoms. The van der Waals surface area contributed by atoms with Crippen LogP contribution >= 0.6 is 0 Å². The van der Waals surface area contributed by atoms with Crippen LogP contribution in [-0.2, 0) is 6.54 Å². The van der Waals surface area contributed by atoms with Crippen LogP contribution in [0.25, 0.3) is 0 Å². The summed E-state index contributed by atoms with van der Waals surface area (Å²) in [6.45, 7) is 9.35. The fourth-order valence-electron chi connectivity index (χ4n) is 2.13. The maximum Gasteiger partial charge on any atom is 0.317 e. The predicted octanol–water partition coefficient (Wildman–Crippen LogP) is 2.72. The summed E-state index contributed by atoms with van der Waals surface area (Å²) in [5, 5.41) is 3.04. The van der Waals surface area contributed by atoms with Crippen LogP contribution < -0.4 is 5.32 Å². The SMILES string of the molecule is Cc1ccccc1CNC(=O)N(CCN(C)C)CC(C)C. The summed E-state index contributed by atoms with van der Waals surface area (Å²) in [6, 6.07) is 8.17. The van der Waals surface area contributed by atoms with E-state index in [1.807, 2.05) is 31.1 Å². The van der Waals surface area contributed by atoms with E-state index in [4.69, 9.17) is 0 Å². The summed E-state index contributed by atoms with van der Waals surface area (Å²) >= 11 is 0. The fraction of sp³-hybridized carbons (Fsp3) is 0.588. The van der Waals surface area contributed by atoms with Crippen molar-refractivity contribution in [2.75, 3.05) is 33.7 Å². The van der Waals surface area contributed by atoms with Crippen LogP contribution in [0.2, 0.25) is 0 Å². The van der Waals surface area contributed by atoms with Crippen LogP contribution in [0, 0.1) is 12.8 Å². The Morgan fingerprint density at radius 2 is 1.86 bits per heavy atom. The number of likely N-dealkylation sites (N-methyl/N-ethyl adjacent to an activating group) is 1. The van der Waals surface area contributed by atoms with Gasteiger partial charge in [-0.3, -0.25) is 0 Å². The highest BCUT2D eigenvalue weighted by Crippen LogP contribution is 2.07. The number of urea groups is 1. The molecule has 21 heavy (non-hydrogen) atoms. The largest absolute Gasteiger partial charge is 0.334 e. The first-order valence-corrected chi connectivity index (χ1v) is 7.62. The second-order valence-electron chi connectivity index (χ2n) is 6.23. The van der Waals surface area contributed by atoms with E-state index in [2.05, 4.69) is 43.1 Å². The van der Waals surface area contributed by atoms with Crippen LogP contribution in [0.1, 0.15) is 25.0 Å². The molecule has 0 bridgehead atoms. The summed E-state index contributed by atoms with van der Waals surface area (Å²) in [7, 11) is 4.05. The van der Waals surface area contributed by atoms with Gasteiger partial charge >= 0.3 is 6.03 Å². The Morgan fingerprint density at radius 3 is 2.43 bits per heavy atom. The van der Waals surface area contributed by atoms with Crippen molar-refractivity contribution in [3.05, 3.63) is 35.4 Å². The van der Waals surface area contributed by atoms with E-state index in [9.17, 15) is 4.79 Å². The van der Waals surface area contributed by atoms with Crippen LogP contribution in [-0.4, -0.2) is 49.6 Å². The highest BCUT2D eigenvalue weighted by Gasteiger charge is 2.14. The molecule has 1 rings (SSSR count). The molecule has 118 valence electrons. The molecule has 1 aromatic rings. The molecule has 0 heterocycles. The van der Waals surface area contributed by atoms with Gasteiger partial charge in [0.2, 0.25) is 0 Å². The minimum absolute atomic E-state index is 0.0220. The average molecular weight is 291 g/mol. The van der Waals surface area contributed by atoms with Gasteiger partial charge in [-0.15, -0.1) is 0 Å². The Hall–Kier alpha value is -1.55. The van der Waals surface area contributed by atoms with Crippen molar-refractivity contribution in [1.29, 1.82) is 0 Å². The molecule has 0 saturated carbocycles. The number of carbonyl (C=O) groups excluding carboxylic acids is 1. The summed E-state index contributed by atoms with van der Waals surface area (Å²) in [5.74, 6) is 0.469. The van der Waals surface area contributed by atoms with E-state index in [1.54, 1.807) is 0 Å². The molecule has 1 aromatic carbocycles. The zero-order valence-electron chi connectivity index (χ0n) is 14.0. The molecule has 0 aromatic heterocycles. The first-order chi connectivity index (χ1) is 9.90. The van der Waals surface area contributed by atoms with Gasteiger partial charge in [0.05, 0.1) is 0 Å². The van der Waals surface area contributed by atoms with Gasteiger partial charge in [-0.05, 0) is 38.1 Å². The van der Waals surface area contributed by atoms with Gasteiger partial charge in [0.15, 0.2) is 0 Å². The lowest BCUT2D eigenvalue weighted by molar-refractivity contribution is 0.184.